The van der Waals surface area contributed by atoms with E-state index in [0.29, 0.717) is 12.1 Å². The van der Waals surface area contributed by atoms with Crippen LogP contribution in [0.3, 0.4) is 0 Å². The fourth-order valence-electron chi connectivity index (χ4n) is 3.77. The van der Waals surface area contributed by atoms with Crippen LogP contribution in [0.5, 0.6) is 5.75 Å². The van der Waals surface area contributed by atoms with Crippen molar-refractivity contribution in [2.75, 3.05) is 7.11 Å². The van der Waals surface area contributed by atoms with Crippen LogP contribution in [-0.4, -0.2) is 28.9 Å². The number of carbonyl (C=O) groups excluding carboxylic acids is 1. The van der Waals surface area contributed by atoms with E-state index in [2.05, 4.69) is 4.98 Å². The van der Waals surface area contributed by atoms with Gasteiger partial charge in [0.25, 0.3) is 5.56 Å². The van der Waals surface area contributed by atoms with E-state index < -0.39 is 0 Å². The SMILES string of the molecule is COc1ccc2[nH]c(=O)c(CN(C(=O)C(C)C)C3CCCCC3)cc2c1. The third-order valence-electron chi connectivity index (χ3n) is 5.26. The molecule has 1 N–H and O–H groups in total. The zero-order valence-electron chi connectivity index (χ0n) is 15.9. The molecule has 0 spiro atoms. The number of H-pyrrole nitrogens is 1. The van der Waals surface area contributed by atoms with E-state index in [4.69, 9.17) is 4.74 Å². The van der Waals surface area contributed by atoms with Gasteiger partial charge in [0, 0.05) is 28.4 Å². The van der Waals surface area contributed by atoms with Crippen molar-refractivity contribution in [2.45, 2.75) is 58.5 Å². The van der Waals surface area contributed by atoms with Crippen LogP contribution in [0, 0.1) is 5.92 Å². The predicted octanol–water partition coefficient (Wildman–Crippen LogP) is 3.85. The topological polar surface area (TPSA) is 62.4 Å². The molecule has 5 heteroatoms. The van der Waals surface area contributed by atoms with Crippen LogP contribution in [0.4, 0.5) is 0 Å². The van der Waals surface area contributed by atoms with Gasteiger partial charge in [0.15, 0.2) is 0 Å². The summed E-state index contributed by atoms with van der Waals surface area (Å²) in [6.45, 7) is 4.21. The number of nitrogens with zero attached hydrogens (tertiary/aromatic N) is 1. The molecule has 26 heavy (non-hydrogen) atoms. The first-order valence-electron chi connectivity index (χ1n) is 9.50. The number of amides is 1. The minimum atomic E-state index is -0.125. The molecule has 140 valence electrons. The number of hydrogen-bond acceptors (Lipinski definition) is 3. The molecule has 0 bridgehead atoms. The lowest BCUT2D eigenvalue weighted by Crippen LogP contribution is -2.43. The molecular weight excluding hydrogens is 328 g/mol. The number of rotatable bonds is 5. The maximum atomic E-state index is 12.8. The molecule has 1 aliphatic carbocycles. The Morgan fingerprint density at radius 1 is 1.23 bits per heavy atom. The van der Waals surface area contributed by atoms with Crippen LogP contribution in [0.2, 0.25) is 0 Å². The molecule has 0 aliphatic heterocycles. The zero-order chi connectivity index (χ0) is 18.7. The second kappa shape index (κ2) is 7.94. The highest BCUT2D eigenvalue weighted by molar-refractivity contribution is 5.81. The first-order valence-corrected chi connectivity index (χ1v) is 9.50. The van der Waals surface area contributed by atoms with Gasteiger partial charge in [-0.2, -0.15) is 0 Å². The van der Waals surface area contributed by atoms with Crippen LogP contribution < -0.4 is 10.3 Å². The van der Waals surface area contributed by atoms with Gasteiger partial charge in [0.05, 0.1) is 13.7 Å². The molecule has 0 saturated heterocycles. The van der Waals surface area contributed by atoms with Gasteiger partial charge in [-0.3, -0.25) is 9.59 Å². The molecule has 1 saturated carbocycles. The second-order valence-electron chi connectivity index (χ2n) is 7.49. The maximum Gasteiger partial charge on any atom is 0.253 e. The number of aromatic amines is 1. The minimum Gasteiger partial charge on any atom is -0.497 e. The average Bonchev–Trinajstić information content (AvgIpc) is 2.66. The average molecular weight is 356 g/mol. The number of benzene rings is 1. The van der Waals surface area contributed by atoms with Gasteiger partial charge in [0.1, 0.15) is 5.75 Å². The molecule has 1 aliphatic rings. The van der Waals surface area contributed by atoms with Gasteiger partial charge in [-0.05, 0) is 37.1 Å². The fraction of sp³-hybridized carbons (Fsp3) is 0.524. The summed E-state index contributed by atoms with van der Waals surface area (Å²) in [6.07, 6.45) is 5.59. The summed E-state index contributed by atoms with van der Waals surface area (Å²) >= 11 is 0. The highest BCUT2D eigenvalue weighted by Crippen LogP contribution is 2.26. The van der Waals surface area contributed by atoms with E-state index >= 15 is 0 Å². The first kappa shape index (κ1) is 18.5. The van der Waals surface area contributed by atoms with E-state index in [-0.39, 0.29) is 23.4 Å². The molecule has 1 heterocycles. The third kappa shape index (κ3) is 3.92. The smallest absolute Gasteiger partial charge is 0.253 e. The number of hydrogen-bond donors (Lipinski definition) is 1. The largest absolute Gasteiger partial charge is 0.497 e. The van der Waals surface area contributed by atoms with Crippen molar-refractivity contribution in [2.24, 2.45) is 5.92 Å². The monoisotopic (exact) mass is 356 g/mol. The quantitative estimate of drug-likeness (QED) is 0.885. The van der Waals surface area contributed by atoms with Crippen LogP contribution in [-0.2, 0) is 11.3 Å². The fourth-order valence-corrected chi connectivity index (χ4v) is 3.77. The highest BCUT2D eigenvalue weighted by Gasteiger charge is 2.27. The van der Waals surface area contributed by atoms with Crippen molar-refractivity contribution < 1.29 is 9.53 Å². The van der Waals surface area contributed by atoms with Gasteiger partial charge in [0.2, 0.25) is 5.91 Å². The van der Waals surface area contributed by atoms with Crippen LogP contribution in [0.1, 0.15) is 51.5 Å². The lowest BCUT2D eigenvalue weighted by atomic mass is 9.93. The molecule has 1 amide bonds. The third-order valence-corrected chi connectivity index (χ3v) is 5.26. The van der Waals surface area contributed by atoms with Gasteiger partial charge in [-0.1, -0.05) is 33.1 Å². The van der Waals surface area contributed by atoms with E-state index in [9.17, 15) is 9.59 Å². The highest BCUT2D eigenvalue weighted by atomic mass is 16.5. The Kier molecular flexibility index (Phi) is 5.64. The molecule has 3 rings (SSSR count). The molecule has 0 atom stereocenters. The molecule has 5 nitrogen and oxygen atoms in total. The van der Waals surface area contributed by atoms with Crippen molar-refractivity contribution >= 4 is 16.8 Å². The normalized spacial score (nSPS) is 15.4. The van der Waals surface area contributed by atoms with E-state index in [1.165, 1.54) is 6.42 Å². The van der Waals surface area contributed by atoms with Gasteiger partial charge < -0.3 is 14.6 Å². The van der Waals surface area contributed by atoms with Crippen LogP contribution in [0.25, 0.3) is 10.9 Å². The van der Waals surface area contributed by atoms with E-state index in [1.54, 1.807) is 7.11 Å². The Labute approximate surface area is 154 Å². The summed E-state index contributed by atoms with van der Waals surface area (Å²) in [7, 11) is 1.62. The molecule has 1 aromatic carbocycles. The van der Waals surface area contributed by atoms with Crippen LogP contribution in [0.15, 0.2) is 29.1 Å². The second-order valence-corrected chi connectivity index (χ2v) is 7.49. The van der Waals surface area contributed by atoms with Crippen molar-refractivity contribution in [1.82, 2.24) is 9.88 Å². The Bertz CT molecular complexity index is 835. The zero-order valence-corrected chi connectivity index (χ0v) is 15.9. The van der Waals surface area contributed by atoms with E-state index in [0.717, 1.165) is 42.3 Å². The van der Waals surface area contributed by atoms with E-state index in [1.807, 2.05) is 43.0 Å². The van der Waals surface area contributed by atoms with Crippen molar-refractivity contribution in [3.05, 3.63) is 40.2 Å². The van der Waals surface area contributed by atoms with Crippen molar-refractivity contribution in [1.29, 1.82) is 0 Å². The number of aromatic nitrogens is 1. The molecule has 1 fully saturated rings. The number of ether oxygens (including phenoxy) is 1. The Balaban J connectivity index is 1.95. The lowest BCUT2D eigenvalue weighted by Gasteiger charge is -2.35. The Hall–Kier alpha value is -2.30. The minimum absolute atomic E-state index is 0.0726. The number of fused-ring (bicyclic) bond motifs is 1. The summed E-state index contributed by atoms with van der Waals surface area (Å²) in [5.41, 5.74) is 1.28. The van der Waals surface area contributed by atoms with Crippen molar-refractivity contribution in [3.63, 3.8) is 0 Å². The summed E-state index contributed by atoms with van der Waals surface area (Å²) in [5.74, 6) is 0.802. The lowest BCUT2D eigenvalue weighted by molar-refractivity contribution is -0.138. The number of carbonyl (C=O) groups is 1. The number of methoxy groups -OCH3 is 1. The molecule has 2 aromatic rings. The molecular formula is C21H28N2O3. The Morgan fingerprint density at radius 3 is 2.62 bits per heavy atom. The summed E-state index contributed by atoms with van der Waals surface area (Å²) in [4.78, 5) is 30.3. The molecule has 0 unspecified atom stereocenters. The number of nitrogens with one attached hydrogen (secondary N) is 1. The standard InChI is InChI=1S/C21H28N2O3/c1-14(2)21(25)23(17-7-5-4-6-8-17)13-16-11-15-12-18(26-3)9-10-19(15)22-20(16)24/h9-12,14,17H,4-8,13H2,1-3H3,(H,22,24). The molecule has 1 aromatic heterocycles. The summed E-state index contributed by atoms with van der Waals surface area (Å²) in [6, 6.07) is 7.70. The molecule has 0 radical (unpaired) electrons. The number of pyridine rings is 1. The van der Waals surface area contributed by atoms with Gasteiger partial charge in [-0.25, -0.2) is 0 Å². The first-order chi connectivity index (χ1) is 12.5. The van der Waals surface area contributed by atoms with Gasteiger partial charge >= 0.3 is 0 Å². The maximum absolute atomic E-state index is 12.8. The summed E-state index contributed by atoms with van der Waals surface area (Å²) < 4.78 is 5.28. The van der Waals surface area contributed by atoms with Gasteiger partial charge in [-0.15, -0.1) is 0 Å². The Morgan fingerprint density at radius 2 is 1.96 bits per heavy atom. The predicted molar refractivity (Wildman–Crippen MR) is 103 cm³/mol. The summed E-state index contributed by atoms with van der Waals surface area (Å²) in [5, 5.41) is 0.916. The van der Waals surface area contributed by atoms with Crippen molar-refractivity contribution in [3.8, 4) is 5.75 Å². The van der Waals surface area contributed by atoms with Crippen LogP contribution >= 0.6 is 0 Å².